The first-order valence-corrected chi connectivity index (χ1v) is 10.1. The van der Waals surface area contributed by atoms with Gasteiger partial charge in [-0.25, -0.2) is 8.42 Å². The molecule has 1 amide bonds. The van der Waals surface area contributed by atoms with Crippen LogP contribution in [0.4, 0.5) is 0 Å². The number of benzene rings is 1. The van der Waals surface area contributed by atoms with Gasteiger partial charge in [0.05, 0.1) is 4.90 Å². The standard InChI is InChI=1S/C17H25N3O3S/c1-14-13-18-9-12-20(14)17(21)15-5-7-16(8-6-15)24(22,23)19-10-3-2-4-11-19/h5-8,14,18H,2-4,9-13H2,1H3/t14-/m1/s1. The summed E-state index contributed by atoms with van der Waals surface area (Å²) in [4.78, 5) is 14.7. The van der Waals surface area contributed by atoms with Gasteiger partial charge in [0.15, 0.2) is 0 Å². The van der Waals surface area contributed by atoms with Crippen LogP contribution in [-0.2, 0) is 10.0 Å². The van der Waals surface area contributed by atoms with Crippen molar-refractivity contribution in [2.75, 3.05) is 32.7 Å². The zero-order chi connectivity index (χ0) is 17.2. The van der Waals surface area contributed by atoms with Gasteiger partial charge < -0.3 is 10.2 Å². The summed E-state index contributed by atoms with van der Waals surface area (Å²) in [6, 6.07) is 6.53. The number of rotatable bonds is 3. The maximum absolute atomic E-state index is 12.6. The molecule has 0 saturated carbocycles. The van der Waals surface area contributed by atoms with E-state index in [1.54, 1.807) is 28.6 Å². The summed E-state index contributed by atoms with van der Waals surface area (Å²) in [7, 11) is -3.44. The van der Waals surface area contributed by atoms with Gasteiger partial charge in [-0.15, -0.1) is 0 Å². The van der Waals surface area contributed by atoms with Crippen molar-refractivity contribution in [1.82, 2.24) is 14.5 Å². The number of hydrogen-bond acceptors (Lipinski definition) is 4. The second kappa shape index (κ2) is 7.21. The molecule has 0 bridgehead atoms. The van der Waals surface area contributed by atoms with Crippen LogP contribution in [0.25, 0.3) is 0 Å². The first-order valence-electron chi connectivity index (χ1n) is 8.62. The molecule has 3 rings (SSSR count). The molecule has 1 atom stereocenters. The number of carbonyl (C=O) groups is 1. The summed E-state index contributed by atoms with van der Waals surface area (Å²) in [6.07, 6.45) is 2.91. The maximum atomic E-state index is 12.6. The molecule has 2 fully saturated rings. The van der Waals surface area contributed by atoms with Crippen molar-refractivity contribution in [3.63, 3.8) is 0 Å². The van der Waals surface area contributed by atoms with Gasteiger partial charge >= 0.3 is 0 Å². The Balaban J connectivity index is 1.76. The van der Waals surface area contributed by atoms with E-state index >= 15 is 0 Å². The summed E-state index contributed by atoms with van der Waals surface area (Å²) >= 11 is 0. The summed E-state index contributed by atoms with van der Waals surface area (Å²) in [6.45, 7) is 5.43. The van der Waals surface area contributed by atoms with Gasteiger partial charge in [0.2, 0.25) is 10.0 Å². The molecule has 0 aliphatic carbocycles. The molecule has 0 aromatic heterocycles. The van der Waals surface area contributed by atoms with E-state index in [-0.39, 0.29) is 16.8 Å². The number of piperazine rings is 1. The Bertz CT molecular complexity index is 682. The second-order valence-corrected chi connectivity index (χ2v) is 8.48. The van der Waals surface area contributed by atoms with Gasteiger partial charge in [-0.05, 0) is 44.0 Å². The Morgan fingerprint density at radius 1 is 1.08 bits per heavy atom. The minimum atomic E-state index is -3.44. The van der Waals surface area contributed by atoms with Gasteiger partial charge in [0, 0.05) is 44.3 Å². The summed E-state index contributed by atoms with van der Waals surface area (Å²) < 4.78 is 26.8. The number of piperidine rings is 1. The molecule has 6 nitrogen and oxygen atoms in total. The highest BCUT2D eigenvalue weighted by Crippen LogP contribution is 2.21. The van der Waals surface area contributed by atoms with Crippen LogP contribution in [0.2, 0.25) is 0 Å². The molecule has 1 N–H and O–H groups in total. The fourth-order valence-electron chi connectivity index (χ4n) is 3.33. The van der Waals surface area contributed by atoms with Crippen LogP contribution in [0.15, 0.2) is 29.2 Å². The molecule has 2 aliphatic rings. The molecule has 0 spiro atoms. The summed E-state index contributed by atoms with van der Waals surface area (Å²) in [5, 5.41) is 3.26. The number of nitrogens with one attached hydrogen (secondary N) is 1. The molecule has 2 heterocycles. The van der Waals surface area contributed by atoms with E-state index in [2.05, 4.69) is 5.32 Å². The van der Waals surface area contributed by atoms with Crippen LogP contribution < -0.4 is 5.32 Å². The van der Waals surface area contributed by atoms with E-state index in [1.165, 1.54) is 0 Å². The van der Waals surface area contributed by atoms with Crippen LogP contribution in [0, 0.1) is 0 Å². The SMILES string of the molecule is C[C@@H]1CNCCN1C(=O)c1ccc(S(=O)(=O)N2CCCCC2)cc1. The van der Waals surface area contributed by atoms with Crippen molar-refractivity contribution in [1.29, 1.82) is 0 Å². The summed E-state index contributed by atoms with van der Waals surface area (Å²) in [5.41, 5.74) is 0.543. The minimum absolute atomic E-state index is 0.0362. The van der Waals surface area contributed by atoms with E-state index in [9.17, 15) is 13.2 Å². The van der Waals surface area contributed by atoms with Crippen LogP contribution in [0.3, 0.4) is 0 Å². The zero-order valence-corrected chi connectivity index (χ0v) is 14.9. The van der Waals surface area contributed by atoms with Gasteiger partial charge in [-0.1, -0.05) is 6.42 Å². The molecular weight excluding hydrogens is 326 g/mol. The lowest BCUT2D eigenvalue weighted by Gasteiger charge is -2.34. The van der Waals surface area contributed by atoms with Crippen molar-refractivity contribution < 1.29 is 13.2 Å². The van der Waals surface area contributed by atoms with Crippen molar-refractivity contribution in [3.05, 3.63) is 29.8 Å². The Kier molecular flexibility index (Phi) is 5.22. The molecule has 24 heavy (non-hydrogen) atoms. The van der Waals surface area contributed by atoms with Crippen molar-refractivity contribution in [3.8, 4) is 0 Å². The van der Waals surface area contributed by atoms with Crippen molar-refractivity contribution in [2.45, 2.75) is 37.1 Å². The molecule has 2 saturated heterocycles. The number of amides is 1. The third kappa shape index (κ3) is 3.48. The topological polar surface area (TPSA) is 69.7 Å². The van der Waals surface area contributed by atoms with Gasteiger partial charge in [0.1, 0.15) is 0 Å². The molecule has 1 aromatic rings. The van der Waals surface area contributed by atoms with Crippen LogP contribution in [0.1, 0.15) is 36.5 Å². The first kappa shape index (κ1) is 17.4. The normalized spacial score (nSPS) is 23.2. The van der Waals surface area contributed by atoms with E-state index in [0.29, 0.717) is 25.2 Å². The van der Waals surface area contributed by atoms with Crippen molar-refractivity contribution in [2.24, 2.45) is 0 Å². The third-order valence-electron chi connectivity index (χ3n) is 4.82. The molecule has 132 valence electrons. The highest BCUT2D eigenvalue weighted by Gasteiger charge is 2.27. The largest absolute Gasteiger partial charge is 0.333 e. The first-order chi connectivity index (χ1) is 11.5. The van der Waals surface area contributed by atoms with Gasteiger partial charge in [0.25, 0.3) is 5.91 Å². The van der Waals surface area contributed by atoms with Gasteiger partial charge in [-0.3, -0.25) is 4.79 Å². The van der Waals surface area contributed by atoms with E-state index in [0.717, 1.165) is 32.4 Å². The predicted molar refractivity (Wildman–Crippen MR) is 92.4 cm³/mol. The smallest absolute Gasteiger partial charge is 0.254 e. The lowest BCUT2D eigenvalue weighted by atomic mass is 10.1. The molecule has 7 heteroatoms. The second-order valence-electron chi connectivity index (χ2n) is 6.54. The number of carbonyl (C=O) groups excluding carboxylic acids is 1. The Morgan fingerprint density at radius 3 is 2.38 bits per heavy atom. The fraction of sp³-hybridized carbons (Fsp3) is 0.588. The van der Waals surface area contributed by atoms with Crippen LogP contribution >= 0.6 is 0 Å². The minimum Gasteiger partial charge on any atom is -0.333 e. The third-order valence-corrected chi connectivity index (χ3v) is 6.73. The summed E-state index contributed by atoms with van der Waals surface area (Å²) in [5.74, 6) is -0.0362. The maximum Gasteiger partial charge on any atom is 0.254 e. The quantitative estimate of drug-likeness (QED) is 0.891. The van der Waals surface area contributed by atoms with Crippen LogP contribution in [-0.4, -0.2) is 62.3 Å². The highest BCUT2D eigenvalue weighted by molar-refractivity contribution is 7.89. The Labute approximate surface area is 143 Å². The molecule has 2 aliphatic heterocycles. The molecular formula is C17H25N3O3S. The average Bonchev–Trinajstić information content (AvgIpc) is 2.62. The predicted octanol–water partition coefficient (Wildman–Crippen LogP) is 1.30. The van der Waals surface area contributed by atoms with E-state index < -0.39 is 10.0 Å². The zero-order valence-electron chi connectivity index (χ0n) is 14.1. The van der Waals surface area contributed by atoms with Gasteiger partial charge in [-0.2, -0.15) is 4.31 Å². The fourth-order valence-corrected chi connectivity index (χ4v) is 4.85. The lowest BCUT2D eigenvalue weighted by Crippen LogP contribution is -2.52. The number of sulfonamides is 1. The van der Waals surface area contributed by atoms with E-state index in [1.807, 2.05) is 11.8 Å². The molecule has 0 radical (unpaired) electrons. The van der Waals surface area contributed by atoms with E-state index in [4.69, 9.17) is 0 Å². The van der Waals surface area contributed by atoms with Crippen LogP contribution in [0.5, 0.6) is 0 Å². The lowest BCUT2D eigenvalue weighted by molar-refractivity contribution is 0.0655. The molecule has 0 unspecified atom stereocenters. The number of hydrogen-bond donors (Lipinski definition) is 1. The Morgan fingerprint density at radius 2 is 1.75 bits per heavy atom. The van der Waals surface area contributed by atoms with Crippen molar-refractivity contribution >= 4 is 15.9 Å². The monoisotopic (exact) mass is 351 g/mol. The number of nitrogens with zero attached hydrogens (tertiary/aromatic N) is 2. The average molecular weight is 351 g/mol. The molecule has 1 aromatic carbocycles. The highest BCUT2D eigenvalue weighted by atomic mass is 32.2. The Hall–Kier alpha value is -1.44.